The fraction of sp³-hybridized carbons (Fsp3) is 0.438. The molecule has 1 amide bonds. The number of halogens is 6. The summed E-state index contributed by atoms with van der Waals surface area (Å²) < 4.78 is 98.1. The zero-order valence-electron chi connectivity index (χ0n) is 26.5. The highest BCUT2D eigenvalue weighted by atomic mass is 31.2. The molecule has 8 nitrogen and oxygen atoms in total. The predicted octanol–water partition coefficient (Wildman–Crippen LogP) is 7.43. The van der Waals surface area contributed by atoms with Crippen molar-refractivity contribution in [3.63, 3.8) is 0 Å². The highest BCUT2D eigenvalue weighted by Crippen LogP contribution is 2.42. The standard InChI is InChI=1S/C32H36F6N3O5P/c1-20-8-6-7-9-25(20)26-17-27(21-10-12-41(5,13-11-21)19-46-47(43,44)45)39-18-28(26)40(4)29(42)30(2,3)22-14-23(31(33,34)35)16-24(15-22)32(36,37)38/h6-9,14-18,21H,10-13,19H2,1-5H3,(H-,43,44,45)/p+1. The molecule has 4 rings (SSSR count). The van der Waals surface area contributed by atoms with Gasteiger partial charge in [0.05, 0.1) is 48.6 Å². The Hall–Kier alpha value is -3.29. The van der Waals surface area contributed by atoms with E-state index in [4.69, 9.17) is 14.3 Å². The molecule has 0 atom stereocenters. The van der Waals surface area contributed by atoms with Gasteiger partial charge in [0.15, 0.2) is 6.73 Å². The average molecular weight is 689 g/mol. The number of nitrogens with zero attached hydrogens (tertiary/aromatic N) is 3. The molecule has 256 valence electrons. The minimum atomic E-state index is -5.07. The van der Waals surface area contributed by atoms with Crippen molar-refractivity contribution in [2.75, 3.05) is 38.8 Å². The maximum Gasteiger partial charge on any atom is 0.474 e. The molecule has 47 heavy (non-hydrogen) atoms. The lowest BCUT2D eigenvalue weighted by Crippen LogP contribution is -2.50. The molecule has 2 N–H and O–H groups in total. The van der Waals surface area contributed by atoms with Gasteiger partial charge in [-0.25, -0.2) is 9.09 Å². The Morgan fingerprint density at radius 3 is 2.00 bits per heavy atom. The Morgan fingerprint density at radius 2 is 1.49 bits per heavy atom. The number of hydrogen-bond acceptors (Lipinski definition) is 4. The molecule has 0 saturated carbocycles. The topological polar surface area (TPSA) is 100.0 Å². The molecule has 1 aliphatic heterocycles. The summed E-state index contributed by atoms with van der Waals surface area (Å²) in [5, 5.41) is 0. The third-order valence-electron chi connectivity index (χ3n) is 8.84. The number of phosphoric acid groups is 1. The van der Waals surface area contributed by atoms with Crippen molar-refractivity contribution < 1.29 is 54.5 Å². The smallest absolute Gasteiger partial charge is 0.313 e. The van der Waals surface area contributed by atoms with E-state index in [2.05, 4.69) is 4.98 Å². The molecule has 3 aromatic rings. The fourth-order valence-electron chi connectivity index (χ4n) is 5.84. The molecule has 0 bridgehead atoms. The van der Waals surface area contributed by atoms with Gasteiger partial charge in [-0.05, 0) is 61.7 Å². The number of piperidine rings is 1. The average Bonchev–Trinajstić information content (AvgIpc) is 2.98. The number of alkyl halides is 6. The molecule has 1 aliphatic rings. The second-order valence-corrected chi connectivity index (χ2v) is 14.1. The van der Waals surface area contributed by atoms with Crippen molar-refractivity contribution in [2.45, 2.75) is 57.3 Å². The van der Waals surface area contributed by atoms with Crippen LogP contribution >= 0.6 is 7.82 Å². The van der Waals surface area contributed by atoms with Crippen LogP contribution in [-0.4, -0.2) is 59.1 Å². The zero-order chi connectivity index (χ0) is 35.2. The first-order valence-electron chi connectivity index (χ1n) is 14.7. The van der Waals surface area contributed by atoms with E-state index in [1.165, 1.54) is 32.0 Å². The number of pyridine rings is 1. The number of quaternary nitrogens is 1. The van der Waals surface area contributed by atoms with Gasteiger partial charge < -0.3 is 19.2 Å². The third-order valence-corrected chi connectivity index (χ3v) is 9.29. The second kappa shape index (κ2) is 13.0. The van der Waals surface area contributed by atoms with E-state index in [0.717, 1.165) is 11.1 Å². The van der Waals surface area contributed by atoms with Crippen molar-refractivity contribution in [1.82, 2.24) is 4.98 Å². The van der Waals surface area contributed by atoms with Crippen LogP contribution in [0.2, 0.25) is 0 Å². The Morgan fingerprint density at radius 1 is 0.957 bits per heavy atom. The summed E-state index contributed by atoms with van der Waals surface area (Å²) in [5.41, 5.74) is -2.01. The van der Waals surface area contributed by atoms with Crippen LogP contribution in [0.15, 0.2) is 54.7 Å². The van der Waals surface area contributed by atoms with E-state index in [0.29, 0.717) is 59.5 Å². The van der Waals surface area contributed by atoms with Gasteiger partial charge in [0.1, 0.15) is 0 Å². The number of benzene rings is 2. The molecule has 1 saturated heterocycles. The number of rotatable bonds is 8. The number of hydrogen-bond donors (Lipinski definition) is 2. The fourth-order valence-corrected chi connectivity index (χ4v) is 6.27. The second-order valence-electron chi connectivity index (χ2n) is 12.8. The number of phosphoric ester groups is 1. The summed E-state index contributed by atoms with van der Waals surface area (Å²) in [4.78, 5) is 38.1. The van der Waals surface area contributed by atoms with Crippen molar-refractivity contribution in [3.8, 4) is 11.1 Å². The first-order chi connectivity index (χ1) is 21.5. The number of anilines is 1. The molecule has 0 spiro atoms. The van der Waals surface area contributed by atoms with Gasteiger partial charge in [-0.2, -0.15) is 26.3 Å². The van der Waals surface area contributed by atoms with Crippen LogP contribution in [0.4, 0.5) is 32.0 Å². The third kappa shape index (κ3) is 8.42. The van der Waals surface area contributed by atoms with Crippen molar-refractivity contribution in [3.05, 3.63) is 82.7 Å². The van der Waals surface area contributed by atoms with Crippen LogP contribution in [-0.2, 0) is 31.7 Å². The number of amides is 1. The van der Waals surface area contributed by atoms with Gasteiger partial charge in [0, 0.05) is 37.1 Å². The summed E-state index contributed by atoms with van der Waals surface area (Å²) in [6.07, 6.45) is -7.40. The summed E-state index contributed by atoms with van der Waals surface area (Å²) in [7, 11) is -1.38. The Labute approximate surface area is 268 Å². The Bertz CT molecular complexity index is 1650. The molecule has 2 aromatic carbocycles. The largest absolute Gasteiger partial charge is 0.474 e. The van der Waals surface area contributed by atoms with Gasteiger partial charge in [0.2, 0.25) is 5.91 Å². The summed E-state index contributed by atoms with van der Waals surface area (Å²) in [5.74, 6) is -0.776. The molecule has 0 aliphatic carbocycles. The minimum Gasteiger partial charge on any atom is -0.313 e. The number of aryl methyl sites for hydroxylation is 1. The van der Waals surface area contributed by atoms with Gasteiger partial charge in [-0.1, -0.05) is 24.3 Å². The molecule has 1 fully saturated rings. The van der Waals surface area contributed by atoms with Gasteiger partial charge in [-0.15, -0.1) is 0 Å². The zero-order valence-corrected chi connectivity index (χ0v) is 27.4. The van der Waals surface area contributed by atoms with E-state index in [1.807, 2.05) is 44.3 Å². The lowest BCUT2D eigenvalue weighted by Gasteiger charge is -2.39. The first-order valence-corrected chi connectivity index (χ1v) is 16.2. The number of aromatic nitrogens is 1. The van der Waals surface area contributed by atoms with E-state index < -0.39 is 48.2 Å². The number of carbonyl (C=O) groups is 1. The van der Waals surface area contributed by atoms with Crippen LogP contribution in [0.1, 0.15) is 60.6 Å². The molecular weight excluding hydrogens is 651 g/mol. The van der Waals surface area contributed by atoms with Crippen LogP contribution in [0, 0.1) is 6.92 Å². The summed E-state index contributed by atoms with van der Waals surface area (Å²) >= 11 is 0. The summed E-state index contributed by atoms with van der Waals surface area (Å²) in [6.45, 7) is 5.39. The normalized spacial score (nSPS) is 19.5. The maximum absolute atomic E-state index is 14.0. The molecule has 0 radical (unpaired) electrons. The SMILES string of the molecule is Cc1ccccc1-c1cc(C2CC[N+](C)(COP(=O)(O)O)CC2)ncc1N(C)C(=O)C(C)(C)c1cc(C(F)(F)F)cc(C(F)(F)F)c1. The van der Waals surface area contributed by atoms with Crippen molar-refractivity contribution in [2.24, 2.45) is 0 Å². The minimum absolute atomic E-state index is 0.0311. The number of carbonyl (C=O) groups excluding carboxylic acids is 1. The van der Waals surface area contributed by atoms with E-state index >= 15 is 0 Å². The Kier molecular flexibility index (Phi) is 10.1. The highest BCUT2D eigenvalue weighted by molar-refractivity contribution is 7.46. The van der Waals surface area contributed by atoms with Crippen LogP contribution < -0.4 is 4.90 Å². The molecule has 0 unspecified atom stereocenters. The molecule has 15 heteroatoms. The predicted molar refractivity (Wildman–Crippen MR) is 163 cm³/mol. The van der Waals surface area contributed by atoms with Gasteiger partial charge >= 0.3 is 20.2 Å². The quantitative estimate of drug-likeness (QED) is 0.145. The number of likely N-dealkylation sites (tertiary alicyclic amines) is 1. The van der Waals surface area contributed by atoms with Crippen molar-refractivity contribution >= 4 is 19.4 Å². The van der Waals surface area contributed by atoms with Crippen LogP contribution in [0.25, 0.3) is 11.1 Å². The lowest BCUT2D eigenvalue weighted by atomic mass is 9.81. The first kappa shape index (κ1) is 36.5. The van der Waals surface area contributed by atoms with E-state index in [1.54, 1.807) is 0 Å². The van der Waals surface area contributed by atoms with Gasteiger partial charge in [-0.3, -0.25) is 9.78 Å². The molecule has 2 heterocycles. The van der Waals surface area contributed by atoms with E-state index in [-0.39, 0.29) is 18.7 Å². The highest BCUT2D eigenvalue weighted by Gasteiger charge is 2.41. The van der Waals surface area contributed by atoms with Crippen molar-refractivity contribution in [1.29, 1.82) is 0 Å². The number of likely N-dealkylation sites (N-methyl/N-ethyl adjacent to an activating group) is 1. The summed E-state index contributed by atoms with van der Waals surface area (Å²) in [6, 6.07) is 10.4. The van der Waals surface area contributed by atoms with Crippen LogP contribution in [0.3, 0.4) is 0 Å². The Balaban J connectivity index is 1.71. The maximum atomic E-state index is 14.0. The molecule has 1 aromatic heterocycles. The lowest BCUT2D eigenvalue weighted by molar-refractivity contribution is -0.929. The monoisotopic (exact) mass is 688 g/mol. The van der Waals surface area contributed by atoms with Gasteiger partial charge in [0.25, 0.3) is 0 Å². The van der Waals surface area contributed by atoms with E-state index in [9.17, 15) is 35.7 Å². The van der Waals surface area contributed by atoms with Crippen LogP contribution in [0.5, 0.6) is 0 Å². The molecular formula is C32H37F6N3O5P+.